The van der Waals surface area contributed by atoms with Gasteiger partial charge in [-0.1, -0.05) is 30.3 Å². The second-order valence-electron chi connectivity index (χ2n) is 4.74. The fraction of sp³-hybridized carbons (Fsp3) is 0.176. The Bertz CT molecular complexity index is 706. The molecule has 4 nitrogen and oxygen atoms in total. The van der Waals surface area contributed by atoms with Gasteiger partial charge in [0.15, 0.2) is 6.61 Å². The van der Waals surface area contributed by atoms with E-state index in [9.17, 15) is 9.59 Å². The van der Waals surface area contributed by atoms with Crippen molar-refractivity contribution in [3.8, 4) is 0 Å². The standard InChI is InChI=1S/C17H16BrNO3S/c1-12-6-2-5-9-15(12)23-11-17(21)22-10-16(20)19-14-8-4-3-7-13(14)18/h2-9H,10-11H2,1H3,(H,19,20). The molecule has 0 spiro atoms. The van der Waals surface area contributed by atoms with Crippen LogP contribution >= 0.6 is 27.7 Å². The summed E-state index contributed by atoms with van der Waals surface area (Å²) in [6, 6.07) is 15.0. The van der Waals surface area contributed by atoms with Crippen molar-refractivity contribution < 1.29 is 14.3 Å². The minimum atomic E-state index is -0.416. The van der Waals surface area contributed by atoms with Crippen LogP contribution < -0.4 is 5.32 Å². The number of carbonyl (C=O) groups excluding carboxylic acids is 2. The van der Waals surface area contributed by atoms with Crippen LogP contribution in [-0.4, -0.2) is 24.2 Å². The summed E-state index contributed by atoms with van der Waals surface area (Å²) in [5.41, 5.74) is 1.75. The van der Waals surface area contributed by atoms with Crippen LogP contribution in [-0.2, 0) is 14.3 Å². The number of thioether (sulfide) groups is 1. The van der Waals surface area contributed by atoms with Crippen LogP contribution in [0.1, 0.15) is 5.56 Å². The predicted octanol–water partition coefficient (Wildman–Crippen LogP) is 4.03. The van der Waals surface area contributed by atoms with E-state index in [1.165, 1.54) is 11.8 Å². The minimum absolute atomic E-state index is 0.174. The molecule has 0 saturated carbocycles. The second-order valence-corrected chi connectivity index (χ2v) is 6.61. The molecule has 0 aliphatic carbocycles. The first kappa shape index (κ1) is 17.6. The van der Waals surface area contributed by atoms with Crippen LogP contribution in [0.2, 0.25) is 0 Å². The molecule has 0 heterocycles. The molecular formula is C17H16BrNO3S. The number of anilines is 1. The van der Waals surface area contributed by atoms with Crippen molar-refractivity contribution in [3.63, 3.8) is 0 Å². The maximum Gasteiger partial charge on any atom is 0.316 e. The van der Waals surface area contributed by atoms with Gasteiger partial charge in [0.2, 0.25) is 0 Å². The van der Waals surface area contributed by atoms with Gasteiger partial charge >= 0.3 is 5.97 Å². The van der Waals surface area contributed by atoms with Gasteiger partial charge in [-0.15, -0.1) is 11.8 Å². The number of hydrogen-bond acceptors (Lipinski definition) is 4. The highest BCUT2D eigenvalue weighted by molar-refractivity contribution is 9.10. The zero-order valence-corrected chi connectivity index (χ0v) is 14.9. The van der Waals surface area contributed by atoms with Crippen LogP contribution in [0, 0.1) is 6.92 Å². The van der Waals surface area contributed by atoms with Gasteiger partial charge in [-0.05, 0) is 46.6 Å². The Morgan fingerprint density at radius 2 is 1.83 bits per heavy atom. The van der Waals surface area contributed by atoms with Crippen LogP contribution in [0.3, 0.4) is 0 Å². The second kappa shape index (κ2) is 8.74. The van der Waals surface area contributed by atoms with Crippen molar-refractivity contribution in [1.82, 2.24) is 0 Å². The molecule has 0 fully saturated rings. The SMILES string of the molecule is Cc1ccccc1SCC(=O)OCC(=O)Nc1ccccc1Br. The van der Waals surface area contributed by atoms with Crippen LogP contribution in [0.25, 0.3) is 0 Å². The van der Waals surface area contributed by atoms with Gasteiger partial charge in [0.1, 0.15) is 0 Å². The van der Waals surface area contributed by atoms with E-state index in [1.54, 1.807) is 6.07 Å². The Morgan fingerprint density at radius 1 is 1.13 bits per heavy atom. The number of benzene rings is 2. The van der Waals surface area contributed by atoms with E-state index < -0.39 is 5.97 Å². The third-order valence-electron chi connectivity index (χ3n) is 2.95. The summed E-state index contributed by atoms with van der Waals surface area (Å²) < 4.78 is 5.76. The summed E-state index contributed by atoms with van der Waals surface area (Å²) in [4.78, 5) is 24.5. The van der Waals surface area contributed by atoms with E-state index in [4.69, 9.17) is 4.74 Å². The molecule has 6 heteroatoms. The quantitative estimate of drug-likeness (QED) is 0.594. The zero-order chi connectivity index (χ0) is 16.7. The number of hydrogen-bond donors (Lipinski definition) is 1. The first-order chi connectivity index (χ1) is 11.1. The largest absolute Gasteiger partial charge is 0.455 e. The molecule has 0 atom stereocenters. The summed E-state index contributed by atoms with van der Waals surface area (Å²) in [5, 5.41) is 2.68. The fourth-order valence-electron chi connectivity index (χ4n) is 1.79. The Balaban J connectivity index is 1.75. The van der Waals surface area contributed by atoms with Gasteiger partial charge in [-0.3, -0.25) is 9.59 Å². The normalized spacial score (nSPS) is 10.2. The molecule has 0 aliphatic rings. The topological polar surface area (TPSA) is 55.4 Å². The first-order valence-corrected chi connectivity index (χ1v) is 8.72. The Morgan fingerprint density at radius 3 is 2.57 bits per heavy atom. The van der Waals surface area contributed by atoms with E-state index in [0.717, 1.165) is 14.9 Å². The van der Waals surface area contributed by atoms with E-state index in [0.29, 0.717) is 5.69 Å². The van der Waals surface area contributed by atoms with Crippen LogP contribution in [0.4, 0.5) is 5.69 Å². The Kier molecular flexibility index (Phi) is 6.67. The summed E-state index contributed by atoms with van der Waals surface area (Å²) in [6.07, 6.45) is 0. The molecular weight excluding hydrogens is 378 g/mol. The maximum atomic E-state index is 11.8. The average molecular weight is 394 g/mol. The average Bonchev–Trinajstić information content (AvgIpc) is 2.54. The van der Waals surface area contributed by atoms with Crippen LogP contribution in [0.15, 0.2) is 57.9 Å². The summed E-state index contributed by atoms with van der Waals surface area (Å²) >= 11 is 4.74. The van der Waals surface area contributed by atoms with Gasteiger partial charge in [0.25, 0.3) is 5.91 Å². The number of rotatable bonds is 6. The number of halogens is 1. The lowest BCUT2D eigenvalue weighted by atomic mass is 10.2. The maximum absolute atomic E-state index is 11.8. The molecule has 1 N–H and O–H groups in total. The van der Waals surface area contributed by atoms with E-state index in [2.05, 4.69) is 21.2 Å². The number of aryl methyl sites for hydroxylation is 1. The number of para-hydroxylation sites is 1. The number of nitrogens with one attached hydrogen (secondary N) is 1. The molecule has 23 heavy (non-hydrogen) atoms. The lowest BCUT2D eigenvalue weighted by molar-refractivity contribution is -0.144. The fourth-order valence-corrected chi connectivity index (χ4v) is 3.00. The summed E-state index contributed by atoms with van der Waals surface area (Å²) in [6.45, 7) is 1.69. The van der Waals surface area contributed by atoms with Crippen LogP contribution in [0.5, 0.6) is 0 Å². The molecule has 120 valence electrons. The van der Waals surface area contributed by atoms with Crippen molar-refractivity contribution in [2.75, 3.05) is 17.7 Å². The lowest BCUT2D eigenvalue weighted by Crippen LogP contribution is -2.21. The van der Waals surface area contributed by atoms with Crippen molar-refractivity contribution in [2.24, 2.45) is 0 Å². The molecule has 0 saturated heterocycles. The molecule has 0 radical (unpaired) electrons. The number of ether oxygens (including phenoxy) is 1. The molecule has 2 aromatic rings. The molecule has 1 amide bonds. The number of esters is 1. The van der Waals surface area contributed by atoms with Crippen molar-refractivity contribution in [3.05, 3.63) is 58.6 Å². The molecule has 0 bridgehead atoms. The summed E-state index contributed by atoms with van der Waals surface area (Å²) in [7, 11) is 0. The Hall–Kier alpha value is -1.79. The Labute approximate surface area is 147 Å². The smallest absolute Gasteiger partial charge is 0.316 e. The minimum Gasteiger partial charge on any atom is -0.455 e. The monoisotopic (exact) mass is 393 g/mol. The highest BCUT2D eigenvalue weighted by atomic mass is 79.9. The number of carbonyl (C=O) groups is 2. The van der Waals surface area contributed by atoms with Crippen molar-refractivity contribution in [2.45, 2.75) is 11.8 Å². The molecule has 0 aromatic heterocycles. The number of amides is 1. The molecule has 0 aliphatic heterocycles. The van der Waals surface area contributed by atoms with Gasteiger partial charge in [-0.2, -0.15) is 0 Å². The highest BCUT2D eigenvalue weighted by Crippen LogP contribution is 2.22. The van der Waals surface area contributed by atoms with Gasteiger partial charge in [-0.25, -0.2) is 0 Å². The zero-order valence-electron chi connectivity index (χ0n) is 12.5. The summed E-state index contributed by atoms with van der Waals surface area (Å²) in [5.74, 6) is -0.612. The van der Waals surface area contributed by atoms with Gasteiger partial charge in [0, 0.05) is 9.37 Å². The van der Waals surface area contributed by atoms with E-state index in [1.807, 2.05) is 49.4 Å². The van der Waals surface area contributed by atoms with E-state index >= 15 is 0 Å². The predicted molar refractivity (Wildman–Crippen MR) is 95.6 cm³/mol. The first-order valence-electron chi connectivity index (χ1n) is 6.94. The molecule has 2 rings (SSSR count). The third kappa shape index (κ3) is 5.73. The van der Waals surface area contributed by atoms with Gasteiger partial charge < -0.3 is 10.1 Å². The highest BCUT2D eigenvalue weighted by Gasteiger charge is 2.10. The van der Waals surface area contributed by atoms with Gasteiger partial charge in [0.05, 0.1) is 11.4 Å². The third-order valence-corrected chi connectivity index (χ3v) is 4.79. The van der Waals surface area contributed by atoms with Crippen molar-refractivity contribution in [1.29, 1.82) is 0 Å². The lowest BCUT2D eigenvalue weighted by Gasteiger charge is -2.08. The van der Waals surface area contributed by atoms with Crippen molar-refractivity contribution >= 4 is 45.3 Å². The van der Waals surface area contributed by atoms with E-state index in [-0.39, 0.29) is 18.3 Å². The molecule has 2 aromatic carbocycles. The molecule has 0 unspecified atom stereocenters.